The predicted molar refractivity (Wildman–Crippen MR) is 380 cm³/mol. The van der Waals surface area contributed by atoms with Crippen molar-refractivity contribution in [3.05, 3.63) is 144 Å². The van der Waals surface area contributed by atoms with Crippen LogP contribution in [0.4, 0.5) is 19.2 Å². The van der Waals surface area contributed by atoms with Gasteiger partial charge in [-0.25, -0.2) is 24.0 Å². The van der Waals surface area contributed by atoms with E-state index in [2.05, 4.69) is 52.5 Å². The maximum atomic E-state index is 15.3. The molecule has 6 rings (SSSR count). The molecule has 552 valence electrons. The van der Waals surface area contributed by atoms with Crippen LogP contribution in [0.2, 0.25) is 0 Å². The van der Waals surface area contributed by atoms with E-state index in [0.717, 1.165) is 11.1 Å². The number of amides is 8. The number of fused-ring (bicyclic) bond motifs is 2. The van der Waals surface area contributed by atoms with Crippen LogP contribution in [0, 0.1) is 0 Å². The normalized spacial score (nSPS) is 13.1. The number of H-pyrrole nitrogens is 2. The Kier molecular flexibility index (Phi) is 32.6. The number of nitrogens with one attached hydrogen (secondary N) is 10. The second-order valence-electron chi connectivity index (χ2n) is 26.8. The standard InChI is InChI=1S/C74H99N11O17/c1-73(2,3)101-71(96)78-41-25-11-18-36-58(82-64(88)57(35-17-10-24-40-77-70(95)99-47-49-28-14-8-15-29-49)81-63(87)54(75)32-16-9-23-39-76-69(94)98-46-48-26-12-7-13-27-48)65(89)84-61(43-51-45-80-56-34-22-20-31-53(51)56)67(91)85-60(42-50-44-79-55-33-21-19-30-52(50)55)66(90)83-59(68(92)93)37-38-62(86)100-72(97)102-74(4,5)6/h7-8,12-15,19-22,26-31,33-34,44-45,54,57-61,79-80H,9-11,16-18,23-25,32,35-43,46-47,75H2,1-6H3,(H,76,94)(H,77,95)(H,78,96)(H,81,87)(H,82,88)(H,83,90)(H,84,89)(H,85,91)(H,92,93)/t54-,57-,58-,59-,60-,61-/m0/s1. The van der Waals surface area contributed by atoms with Crippen molar-refractivity contribution in [1.82, 2.24) is 52.5 Å². The van der Waals surface area contributed by atoms with Gasteiger partial charge in [-0.1, -0.05) is 136 Å². The topological polar surface area (TPSA) is 408 Å². The number of carboxylic acid groups (broad SMARTS) is 1. The number of esters is 1. The minimum atomic E-state index is -1.74. The summed E-state index contributed by atoms with van der Waals surface area (Å²) in [6.45, 7) is 10.8. The van der Waals surface area contributed by atoms with Gasteiger partial charge in [0.05, 0.1) is 6.04 Å². The van der Waals surface area contributed by atoms with E-state index in [1.54, 1.807) is 84.3 Å². The largest absolute Gasteiger partial charge is 0.516 e. The maximum Gasteiger partial charge on any atom is 0.516 e. The van der Waals surface area contributed by atoms with E-state index in [1.807, 2.05) is 78.9 Å². The van der Waals surface area contributed by atoms with Crippen LogP contribution < -0.4 is 48.3 Å². The zero-order chi connectivity index (χ0) is 74.0. The van der Waals surface area contributed by atoms with Crippen LogP contribution in [-0.2, 0) is 83.3 Å². The molecule has 0 fully saturated rings. The van der Waals surface area contributed by atoms with E-state index in [0.29, 0.717) is 90.8 Å². The highest BCUT2D eigenvalue weighted by Crippen LogP contribution is 2.23. The summed E-state index contributed by atoms with van der Waals surface area (Å²) >= 11 is 0. The van der Waals surface area contributed by atoms with Crippen molar-refractivity contribution in [3.8, 4) is 0 Å². The number of alkyl carbamates (subject to hydrolysis) is 3. The zero-order valence-electron chi connectivity index (χ0n) is 58.9. The summed E-state index contributed by atoms with van der Waals surface area (Å²) in [5.74, 6) is -6.77. The monoisotopic (exact) mass is 1410 g/mol. The third-order valence-corrected chi connectivity index (χ3v) is 16.1. The number of carbonyl (C=O) groups is 11. The fraction of sp³-hybridized carbons (Fsp3) is 0.473. The van der Waals surface area contributed by atoms with Crippen LogP contribution in [0.25, 0.3) is 21.8 Å². The number of ether oxygens (including phenoxy) is 5. The molecular formula is C74H99N11O17. The average molecular weight is 1410 g/mol. The van der Waals surface area contributed by atoms with E-state index in [4.69, 9.17) is 29.4 Å². The molecule has 102 heavy (non-hydrogen) atoms. The zero-order valence-corrected chi connectivity index (χ0v) is 58.9. The van der Waals surface area contributed by atoms with Gasteiger partial charge < -0.3 is 87.0 Å². The molecule has 6 aromatic rings. The second kappa shape index (κ2) is 41.3. The first-order valence-corrected chi connectivity index (χ1v) is 34.6. The second-order valence-corrected chi connectivity index (χ2v) is 26.8. The smallest absolute Gasteiger partial charge is 0.480 e. The lowest BCUT2D eigenvalue weighted by molar-refractivity contribution is -0.144. The molecule has 8 amide bonds. The van der Waals surface area contributed by atoms with Gasteiger partial charge in [0.25, 0.3) is 0 Å². The first kappa shape index (κ1) is 80.5. The Balaban J connectivity index is 1.23. The number of carboxylic acids is 1. The number of nitrogens with two attached hydrogens (primary N) is 1. The minimum Gasteiger partial charge on any atom is -0.480 e. The molecule has 4 aromatic carbocycles. The van der Waals surface area contributed by atoms with Gasteiger partial charge in [-0.2, -0.15) is 0 Å². The molecule has 0 aliphatic heterocycles. The molecule has 6 atom stereocenters. The van der Waals surface area contributed by atoms with Gasteiger partial charge in [-0.15, -0.1) is 0 Å². The summed E-state index contributed by atoms with van der Waals surface area (Å²) in [6, 6.07) is 24.3. The molecule has 0 bridgehead atoms. The molecule has 0 aliphatic carbocycles. The molecule has 0 aliphatic rings. The van der Waals surface area contributed by atoms with E-state index in [-0.39, 0.29) is 64.8 Å². The lowest BCUT2D eigenvalue weighted by Crippen LogP contribution is -2.60. The Hall–Kier alpha value is -10.5. The Bertz CT molecular complexity index is 3720. The minimum absolute atomic E-state index is 0.0231. The number of hydrogen-bond donors (Lipinski definition) is 12. The van der Waals surface area contributed by atoms with Crippen LogP contribution in [0.3, 0.4) is 0 Å². The number of aliphatic carboxylic acids is 1. The van der Waals surface area contributed by atoms with Crippen LogP contribution in [0.15, 0.2) is 122 Å². The van der Waals surface area contributed by atoms with Crippen molar-refractivity contribution in [3.63, 3.8) is 0 Å². The molecule has 2 aromatic heterocycles. The van der Waals surface area contributed by atoms with Crippen molar-refractivity contribution >= 4 is 87.7 Å². The lowest BCUT2D eigenvalue weighted by atomic mass is 10.00. The molecule has 2 heterocycles. The summed E-state index contributed by atoms with van der Waals surface area (Å²) in [7, 11) is 0. The van der Waals surface area contributed by atoms with E-state index in [9.17, 15) is 48.3 Å². The molecule has 28 nitrogen and oxygen atoms in total. The van der Waals surface area contributed by atoms with Crippen LogP contribution in [0.1, 0.15) is 154 Å². The van der Waals surface area contributed by atoms with E-state index < -0.39 is 126 Å². The number of carbonyl (C=O) groups excluding carboxylic acids is 10. The fourth-order valence-corrected chi connectivity index (χ4v) is 10.8. The molecular weight excluding hydrogens is 1310 g/mol. The Morgan fingerprint density at radius 1 is 0.431 bits per heavy atom. The molecule has 0 radical (unpaired) electrons. The first-order valence-electron chi connectivity index (χ1n) is 34.6. The number of aromatic nitrogens is 2. The van der Waals surface area contributed by atoms with E-state index in [1.165, 1.54) is 0 Å². The Labute approximate surface area is 593 Å². The number of para-hydroxylation sites is 2. The number of rotatable bonds is 40. The molecule has 0 unspecified atom stereocenters. The first-order chi connectivity index (χ1) is 48.7. The van der Waals surface area contributed by atoms with Gasteiger partial charge in [-0.05, 0) is 121 Å². The van der Waals surface area contributed by atoms with Gasteiger partial charge in [0.15, 0.2) is 0 Å². The van der Waals surface area contributed by atoms with Gasteiger partial charge in [0.2, 0.25) is 29.5 Å². The molecule has 0 saturated carbocycles. The molecule has 0 saturated heterocycles. The fourth-order valence-electron chi connectivity index (χ4n) is 10.8. The quantitative estimate of drug-likeness (QED) is 0.00741. The summed E-state index contributed by atoms with van der Waals surface area (Å²) < 4.78 is 25.8. The van der Waals surface area contributed by atoms with E-state index >= 15 is 9.59 Å². The summed E-state index contributed by atoms with van der Waals surface area (Å²) in [5.41, 5.74) is 8.89. The maximum absolute atomic E-state index is 15.3. The third-order valence-electron chi connectivity index (χ3n) is 16.1. The van der Waals surface area contributed by atoms with Gasteiger partial charge in [0, 0.05) is 73.1 Å². The highest BCUT2D eigenvalue weighted by atomic mass is 16.7. The average Bonchev–Trinajstić information content (AvgIpc) is 1.64. The van der Waals surface area contributed by atoms with Crippen molar-refractivity contribution < 1.29 is 81.5 Å². The third kappa shape index (κ3) is 29.7. The summed E-state index contributed by atoms with van der Waals surface area (Å²) in [5, 5.41) is 33.6. The highest BCUT2D eigenvalue weighted by Gasteiger charge is 2.35. The highest BCUT2D eigenvalue weighted by molar-refractivity contribution is 5.97. The predicted octanol–water partition coefficient (Wildman–Crippen LogP) is 8.59. The van der Waals surface area contributed by atoms with Crippen LogP contribution >= 0.6 is 0 Å². The van der Waals surface area contributed by atoms with Crippen LogP contribution in [-0.4, -0.2) is 148 Å². The van der Waals surface area contributed by atoms with Crippen molar-refractivity contribution in [2.24, 2.45) is 5.73 Å². The number of hydrogen-bond acceptors (Lipinski definition) is 17. The Morgan fingerprint density at radius 3 is 1.25 bits per heavy atom. The van der Waals surface area contributed by atoms with Gasteiger partial charge in [-0.3, -0.25) is 28.8 Å². The van der Waals surface area contributed by atoms with Crippen molar-refractivity contribution in [2.45, 2.75) is 205 Å². The van der Waals surface area contributed by atoms with Gasteiger partial charge in [0.1, 0.15) is 54.6 Å². The molecule has 13 N–H and O–H groups in total. The van der Waals surface area contributed by atoms with Gasteiger partial charge >= 0.3 is 36.4 Å². The SMILES string of the molecule is CC(C)(C)OC(=O)NCCCCC[C@H](NC(=O)[C@H](CCCCCNC(=O)OCc1ccccc1)NC(=O)[C@@H](N)CCCCCNC(=O)OCc1ccccc1)C(=O)N[C@@H](Cc1c[nH]c2ccccc12)C(=O)N[C@@H](Cc1c[nH]c2ccccc12)C(=O)N[C@@H](CCC(=O)OC(=O)OC(C)(C)C)C(=O)O. The Morgan fingerprint density at radius 2 is 0.814 bits per heavy atom. The summed E-state index contributed by atoms with van der Waals surface area (Å²) in [4.78, 5) is 156. The van der Waals surface area contributed by atoms with Crippen molar-refractivity contribution in [1.29, 1.82) is 0 Å². The van der Waals surface area contributed by atoms with Crippen molar-refractivity contribution in [2.75, 3.05) is 19.6 Å². The summed E-state index contributed by atoms with van der Waals surface area (Å²) in [6.07, 6.45) is 2.95. The number of unbranched alkanes of at least 4 members (excludes halogenated alkanes) is 6. The lowest BCUT2D eigenvalue weighted by Gasteiger charge is -2.27. The molecule has 0 spiro atoms. The molecule has 28 heteroatoms. The number of benzene rings is 4. The van der Waals surface area contributed by atoms with Crippen LogP contribution in [0.5, 0.6) is 0 Å². The number of aromatic amines is 2.